The molecule has 5 N–H and O–H groups in total. The van der Waals surface area contributed by atoms with E-state index in [4.69, 9.17) is 14.2 Å². The molecule has 2 saturated heterocycles. The van der Waals surface area contributed by atoms with Crippen LogP contribution in [0.2, 0.25) is 0 Å². The van der Waals surface area contributed by atoms with Crippen molar-refractivity contribution in [3.8, 4) is 0 Å². The first-order valence-corrected chi connectivity index (χ1v) is 13.0. The number of hydrogen-bond donors (Lipinski definition) is 5. The quantitative estimate of drug-likeness (QED) is 0.251. The molecule has 4 bridgehead atoms. The Morgan fingerprint density at radius 3 is 2.58 bits per heavy atom. The molecule has 6 fully saturated rings. The molecule has 6 aliphatic rings. The van der Waals surface area contributed by atoms with Gasteiger partial charge in [0.15, 0.2) is 0 Å². The summed E-state index contributed by atoms with van der Waals surface area (Å²) in [5.74, 6) is -2.12. The summed E-state index contributed by atoms with van der Waals surface area (Å²) < 4.78 is 16.9. The Hall–Kier alpha value is -1.56. The fraction of sp³-hybridized carbons (Fsp3) is 0.846. The molecule has 2 aliphatic heterocycles. The third-order valence-corrected chi connectivity index (χ3v) is 11.0. The zero-order valence-electron chi connectivity index (χ0n) is 20.4. The van der Waals surface area contributed by atoms with Crippen LogP contribution >= 0.6 is 0 Å². The molecule has 0 unspecified atom stereocenters. The maximum Gasteiger partial charge on any atom is 0.314 e. The number of aliphatic hydroxyl groups excluding tert-OH is 5. The second kappa shape index (κ2) is 7.97. The van der Waals surface area contributed by atoms with Gasteiger partial charge in [-0.15, -0.1) is 0 Å². The van der Waals surface area contributed by atoms with Gasteiger partial charge in [0.1, 0.15) is 24.4 Å². The van der Waals surface area contributed by atoms with Crippen molar-refractivity contribution in [2.75, 3.05) is 13.2 Å². The maximum atomic E-state index is 14.1. The lowest BCUT2D eigenvalue weighted by atomic mass is 9.50. The third kappa shape index (κ3) is 2.88. The molecule has 0 amide bonds. The molecular weight excluding hydrogens is 472 g/mol. The largest absolute Gasteiger partial charge is 0.465 e. The van der Waals surface area contributed by atoms with E-state index in [1.54, 1.807) is 6.92 Å². The zero-order chi connectivity index (χ0) is 25.8. The Bertz CT molecular complexity index is 982. The highest BCUT2D eigenvalue weighted by Gasteiger charge is 2.80. The maximum absolute atomic E-state index is 14.1. The van der Waals surface area contributed by atoms with E-state index in [1.165, 1.54) is 0 Å². The number of aliphatic hydroxyl groups is 5. The number of cyclic esters (lactones) is 1. The highest BCUT2D eigenvalue weighted by molar-refractivity contribution is 5.83. The Morgan fingerprint density at radius 1 is 1.11 bits per heavy atom. The molecule has 4 aliphatic carbocycles. The van der Waals surface area contributed by atoms with E-state index in [9.17, 15) is 35.1 Å². The number of rotatable bonds is 3. The molecule has 2 heterocycles. The average molecular weight is 509 g/mol. The number of carbonyl (C=O) groups is 2. The topological polar surface area (TPSA) is 163 Å². The molecule has 0 aromatic heterocycles. The van der Waals surface area contributed by atoms with Gasteiger partial charge >= 0.3 is 11.9 Å². The zero-order valence-corrected chi connectivity index (χ0v) is 20.4. The van der Waals surface area contributed by atoms with Crippen molar-refractivity contribution in [3.63, 3.8) is 0 Å². The number of hydrogen-bond acceptors (Lipinski definition) is 10. The van der Waals surface area contributed by atoms with Gasteiger partial charge in [-0.25, -0.2) is 0 Å². The molecule has 0 aromatic rings. The standard InChI is InChI=1S/C26H36O10/c1-11-7-26-8-12(11)3-4-14(26)25-6-5-15(28)24(2,23(33)34-10-25)20(25)16(26)21(32)36-22-19(31)18(30)17(29)13(9-27)35-22/h12-20,22,27-31H,1,3-10H2,2H3/t12-,13-,14+,15+,16-,17-,18+,19-,20-,22+,24-,25-,26+/m1/s1. The monoisotopic (exact) mass is 508 g/mol. The van der Waals surface area contributed by atoms with E-state index in [0.717, 1.165) is 24.8 Å². The summed E-state index contributed by atoms with van der Waals surface area (Å²) in [4.78, 5) is 27.4. The van der Waals surface area contributed by atoms with Crippen LogP contribution in [0.1, 0.15) is 45.4 Å². The van der Waals surface area contributed by atoms with Gasteiger partial charge in [0.25, 0.3) is 0 Å². The number of allylic oxidation sites excluding steroid dienone is 1. The summed E-state index contributed by atoms with van der Waals surface area (Å²) in [7, 11) is 0. The minimum Gasteiger partial charge on any atom is -0.465 e. The van der Waals surface area contributed by atoms with E-state index >= 15 is 0 Å². The van der Waals surface area contributed by atoms with E-state index in [2.05, 4.69) is 6.58 Å². The van der Waals surface area contributed by atoms with Gasteiger partial charge in [-0.3, -0.25) is 9.59 Å². The lowest BCUT2D eigenvalue weighted by Gasteiger charge is -2.57. The van der Waals surface area contributed by atoms with Crippen molar-refractivity contribution in [1.82, 2.24) is 0 Å². The Balaban J connectivity index is 1.42. The number of carbonyl (C=O) groups excluding carboxylic acids is 2. The van der Waals surface area contributed by atoms with Crippen molar-refractivity contribution in [1.29, 1.82) is 0 Å². The normalized spacial score (nSPS) is 55.5. The molecule has 0 aromatic carbocycles. The van der Waals surface area contributed by atoms with Gasteiger partial charge in [0, 0.05) is 11.3 Å². The number of ether oxygens (including phenoxy) is 3. The Morgan fingerprint density at radius 2 is 1.86 bits per heavy atom. The van der Waals surface area contributed by atoms with Crippen LogP contribution in [0.3, 0.4) is 0 Å². The van der Waals surface area contributed by atoms with Crippen LogP contribution in [0.15, 0.2) is 12.2 Å². The highest BCUT2D eigenvalue weighted by atomic mass is 16.7. The molecule has 10 nitrogen and oxygen atoms in total. The number of fused-ring (bicyclic) bond motifs is 1. The number of esters is 2. The lowest BCUT2D eigenvalue weighted by molar-refractivity contribution is -0.295. The fourth-order valence-electron chi connectivity index (χ4n) is 9.45. The molecule has 1 spiro atoms. The summed E-state index contributed by atoms with van der Waals surface area (Å²) >= 11 is 0. The highest BCUT2D eigenvalue weighted by Crippen LogP contribution is 2.78. The molecular formula is C26H36O10. The van der Waals surface area contributed by atoms with Gasteiger partial charge in [0.2, 0.25) is 6.29 Å². The molecule has 13 atom stereocenters. The van der Waals surface area contributed by atoms with Gasteiger partial charge < -0.3 is 39.7 Å². The molecule has 6 rings (SSSR count). The van der Waals surface area contributed by atoms with E-state index in [1.807, 2.05) is 0 Å². The van der Waals surface area contributed by atoms with E-state index in [-0.39, 0.29) is 18.4 Å². The SMILES string of the molecule is C=C1C[C@]23C[C@H]1CC[C@H]2[C@@]12CC[C@H](O)[C@@](C)(C(=O)OC1)[C@H]2[C@@H]3C(=O)O[C@@H]1O[C@H](CO)[C@@H](O)[C@H](O)[C@H]1O. The van der Waals surface area contributed by atoms with Crippen LogP contribution in [-0.4, -0.2) is 87.5 Å². The molecule has 0 radical (unpaired) electrons. The first-order chi connectivity index (χ1) is 17.0. The second-order valence-electron chi connectivity index (χ2n) is 12.3. The van der Waals surface area contributed by atoms with Crippen LogP contribution < -0.4 is 0 Å². The first-order valence-electron chi connectivity index (χ1n) is 13.0. The summed E-state index contributed by atoms with van der Waals surface area (Å²) in [6, 6.07) is 0. The molecule has 4 saturated carbocycles. The minimum absolute atomic E-state index is 0.0813. The predicted molar refractivity (Wildman–Crippen MR) is 121 cm³/mol. The lowest BCUT2D eigenvalue weighted by Crippen LogP contribution is -2.64. The average Bonchev–Trinajstić information content (AvgIpc) is 3.26. The van der Waals surface area contributed by atoms with Gasteiger partial charge in [-0.1, -0.05) is 12.2 Å². The molecule has 10 heteroatoms. The van der Waals surface area contributed by atoms with Crippen LogP contribution in [0.4, 0.5) is 0 Å². The van der Waals surface area contributed by atoms with Gasteiger partial charge in [0.05, 0.1) is 30.7 Å². The fourth-order valence-corrected chi connectivity index (χ4v) is 9.45. The molecule has 36 heavy (non-hydrogen) atoms. The van der Waals surface area contributed by atoms with Crippen molar-refractivity contribution >= 4 is 11.9 Å². The van der Waals surface area contributed by atoms with Crippen molar-refractivity contribution in [2.45, 2.75) is 82.3 Å². The summed E-state index contributed by atoms with van der Waals surface area (Å²) in [6.45, 7) is 5.56. The first kappa shape index (κ1) is 24.8. The Labute approximate surface area is 209 Å². The summed E-state index contributed by atoms with van der Waals surface area (Å²) in [6.07, 6.45) is -4.48. The van der Waals surface area contributed by atoms with E-state index < -0.39 is 83.4 Å². The molecule has 200 valence electrons. The van der Waals surface area contributed by atoms with Crippen LogP contribution in [0.25, 0.3) is 0 Å². The van der Waals surface area contributed by atoms with Gasteiger partial charge in [-0.2, -0.15) is 0 Å². The second-order valence-corrected chi connectivity index (χ2v) is 12.3. The van der Waals surface area contributed by atoms with Crippen LogP contribution in [0, 0.1) is 39.9 Å². The van der Waals surface area contributed by atoms with Crippen LogP contribution in [-0.2, 0) is 23.8 Å². The Kier molecular flexibility index (Phi) is 5.48. The van der Waals surface area contributed by atoms with Crippen molar-refractivity contribution in [2.24, 2.45) is 39.9 Å². The third-order valence-electron chi connectivity index (χ3n) is 11.0. The smallest absolute Gasteiger partial charge is 0.314 e. The predicted octanol–water partition coefficient (Wildman–Crippen LogP) is -0.358. The minimum atomic E-state index is -1.72. The summed E-state index contributed by atoms with van der Waals surface area (Å²) in [5.41, 5.74) is -1.20. The summed E-state index contributed by atoms with van der Waals surface area (Å²) in [5, 5.41) is 51.5. The van der Waals surface area contributed by atoms with Gasteiger partial charge in [-0.05, 0) is 62.7 Å². The van der Waals surface area contributed by atoms with E-state index in [0.29, 0.717) is 19.3 Å². The van der Waals surface area contributed by atoms with Crippen molar-refractivity contribution < 1.29 is 49.3 Å². The van der Waals surface area contributed by atoms with Crippen LogP contribution in [0.5, 0.6) is 0 Å². The van der Waals surface area contributed by atoms with Crippen molar-refractivity contribution in [3.05, 3.63) is 12.2 Å².